The van der Waals surface area contributed by atoms with Crippen LogP contribution in [0.2, 0.25) is 0 Å². The van der Waals surface area contributed by atoms with Crippen molar-refractivity contribution in [2.75, 3.05) is 0 Å². The number of carbonyl (C=O) groups is 1. The molecule has 2 N–H and O–H groups in total. The first-order valence-corrected chi connectivity index (χ1v) is 7.51. The van der Waals surface area contributed by atoms with E-state index >= 15 is 0 Å². The van der Waals surface area contributed by atoms with E-state index in [4.69, 9.17) is 9.63 Å². The van der Waals surface area contributed by atoms with Crippen LogP contribution in [0.3, 0.4) is 0 Å². The highest BCUT2D eigenvalue weighted by molar-refractivity contribution is 5.73. The fourth-order valence-electron chi connectivity index (χ4n) is 2.20. The first-order chi connectivity index (χ1) is 10.9. The number of aliphatic carboxylic acids is 1. The average molecular weight is 321 g/mol. The molecule has 0 bridgehead atoms. The quantitative estimate of drug-likeness (QED) is 0.814. The van der Waals surface area contributed by atoms with E-state index in [2.05, 4.69) is 15.5 Å². The van der Waals surface area contributed by atoms with Gasteiger partial charge in [-0.05, 0) is 31.9 Å². The number of hydrogen-bond acceptors (Lipinski definition) is 5. The van der Waals surface area contributed by atoms with E-state index in [1.54, 1.807) is 26.0 Å². The Balaban J connectivity index is 2.14. The molecule has 1 heterocycles. The van der Waals surface area contributed by atoms with Crippen LogP contribution < -0.4 is 5.32 Å². The first-order valence-electron chi connectivity index (χ1n) is 7.51. The van der Waals surface area contributed by atoms with Gasteiger partial charge in [-0.2, -0.15) is 4.98 Å². The van der Waals surface area contributed by atoms with E-state index in [1.165, 1.54) is 6.07 Å². The number of rotatable bonds is 7. The molecule has 6 nitrogen and oxygen atoms in total. The summed E-state index contributed by atoms with van der Waals surface area (Å²) in [6.07, 6.45) is 1.25. The lowest BCUT2D eigenvalue weighted by Crippen LogP contribution is -2.38. The van der Waals surface area contributed by atoms with Crippen molar-refractivity contribution in [1.82, 2.24) is 15.5 Å². The summed E-state index contributed by atoms with van der Waals surface area (Å²) in [5.41, 5.74) is 1.05. The smallest absolute Gasteiger partial charge is 0.320 e. The minimum atomic E-state index is -0.918. The third-order valence-electron chi connectivity index (χ3n) is 3.57. The zero-order valence-corrected chi connectivity index (χ0v) is 13.3. The van der Waals surface area contributed by atoms with Crippen molar-refractivity contribution in [3.8, 4) is 11.4 Å². The fraction of sp³-hybridized carbons (Fsp3) is 0.438. The Bertz CT molecular complexity index is 687. The van der Waals surface area contributed by atoms with Gasteiger partial charge < -0.3 is 9.63 Å². The second kappa shape index (κ2) is 7.32. The van der Waals surface area contributed by atoms with Crippen LogP contribution in [-0.2, 0) is 4.79 Å². The average Bonchev–Trinajstić information content (AvgIpc) is 2.99. The van der Waals surface area contributed by atoms with Gasteiger partial charge in [0.15, 0.2) is 0 Å². The van der Waals surface area contributed by atoms with Crippen molar-refractivity contribution < 1.29 is 18.8 Å². The molecule has 0 aliphatic carbocycles. The number of carboxylic acids is 1. The van der Waals surface area contributed by atoms with Gasteiger partial charge in [-0.1, -0.05) is 30.6 Å². The highest BCUT2D eigenvalue weighted by Crippen LogP contribution is 2.21. The molecule has 2 aromatic rings. The number of nitrogens with zero attached hydrogens (tertiary/aromatic N) is 2. The van der Waals surface area contributed by atoms with Crippen LogP contribution in [-0.4, -0.2) is 27.3 Å². The van der Waals surface area contributed by atoms with Crippen molar-refractivity contribution in [2.24, 2.45) is 0 Å². The van der Waals surface area contributed by atoms with Gasteiger partial charge in [0.25, 0.3) is 0 Å². The summed E-state index contributed by atoms with van der Waals surface area (Å²) in [7, 11) is 0. The maximum Gasteiger partial charge on any atom is 0.320 e. The molecule has 0 aliphatic rings. The predicted molar refractivity (Wildman–Crippen MR) is 82.3 cm³/mol. The molecule has 2 unspecified atom stereocenters. The Morgan fingerprint density at radius 2 is 2.22 bits per heavy atom. The number of benzene rings is 1. The largest absolute Gasteiger partial charge is 0.480 e. The number of aromatic nitrogens is 2. The second-order valence-corrected chi connectivity index (χ2v) is 5.49. The number of carboxylic acid groups (broad SMARTS) is 1. The van der Waals surface area contributed by atoms with Crippen LogP contribution in [0.1, 0.15) is 44.2 Å². The highest BCUT2D eigenvalue weighted by Gasteiger charge is 2.23. The molecule has 0 saturated heterocycles. The Labute approximate surface area is 133 Å². The van der Waals surface area contributed by atoms with Gasteiger partial charge >= 0.3 is 5.97 Å². The van der Waals surface area contributed by atoms with E-state index in [9.17, 15) is 9.18 Å². The molecule has 0 saturated carbocycles. The van der Waals surface area contributed by atoms with E-state index in [0.717, 1.165) is 6.42 Å². The normalized spacial score (nSPS) is 13.7. The van der Waals surface area contributed by atoms with Crippen LogP contribution in [0.4, 0.5) is 4.39 Å². The van der Waals surface area contributed by atoms with E-state index in [1.807, 2.05) is 6.92 Å². The first kappa shape index (κ1) is 17.1. The zero-order chi connectivity index (χ0) is 17.0. The molecule has 0 spiro atoms. The Morgan fingerprint density at radius 1 is 1.48 bits per heavy atom. The molecule has 2 atom stereocenters. The topological polar surface area (TPSA) is 88.3 Å². The minimum absolute atomic E-state index is 0.267. The maximum atomic E-state index is 13.6. The van der Waals surface area contributed by atoms with Crippen molar-refractivity contribution in [3.05, 3.63) is 35.5 Å². The number of hydrogen-bond donors (Lipinski definition) is 2. The number of nitrogens with one attached hydrogen (secondary N) is 1. The molecule has 23 heavy (non-hydrogen) atoms. The Morgan fingerprint density at radius 3 is 2.83 bits per heavy atom. The lowest BCUT2D eigenvalue weighted by molar-refractivity contribution is -0.139. The fourth-order valence-corrected chi connectivity index (χ4v) is 2.20. The lowest BCUT2D eigenvalue weighted by atomic mass is 10.1. The van der Waals surface area contributed by atoms with Gasteiger partial charge in [-0.15, -0.1) is 0 Å². The molecule has 1 aromatic heterocycles. The molecule has 7 heteroatoms. The summed E-state index contributed by atoms with van der Waals surface area (Å²) < 4.78 is 18.8. The summed E-state index contributed by atoms with van der Waals surface area (Å²) >= 11 is 0. The zero-order valence-electron chi connectivity index (χ0n) is 13.3. The van der Waals surface area contributed by atoms with E-state index < -0.39 is 18.1 Å². The summed E-state index contributed by atoms with van der Waals surface area (Å²) in [5, 5.41) is 16.0. The van der Waals surface area contributed by atoms with Crippen molar-refractivity contribution >= 4 is 5.97 Å². The van der Waals surface area contributed by atoms with Gasteiger partial charge in [0, 0.05) is 5.56 Å². The van der Waals surface area contributed by atoms with Crippen LogP contribution in [0, 0.1) is 12.7 Å². The van der Waals surface area contributed by atoms with Crippen molar-refractivity contribution in [3.63, 3.8) is 0 Å². The number of aryl methyl sites for hydroxylation is 1. The molecular formula is C16H20FN3O3. The SMILES string of the molecule is CCCC(NC(C)c1nc(-c2ccc(C)c(F)c2)no1)C(=O)O. The van der Waals surface area contributed by atoms with Gasteiger partial charge in [0.1, 0.15) is 11.9 Å². The molecule has 124 valence electrons. The van der Waals surface area contributed by atoms with Gasteiger partial charge in [0.05, 0.1) is 6.04 Å². The van der Waals surface area contributed by atoms with Crippen LogP contribution in [0.15, 0.2) is 22.7 Å². The van der Waals surface area contributed by atoms with Crippen molar-refractivity contribution in [1.29, 1.82) is 0 Å². The summed E-state index contributed by atoms with van der Waals surface area (Å²) in [6, 6.07) is 3.60. The molecule has 0 radical (unpaired) electrons. The third-order valence-corrected chi connectivity index (χ3v) is 3.57. The predicted octanol–water partition coefficient (Wildman–Crippen LogP) is 3.09. The van der Waals surface area contributed by atoms with Crippen LogP contribution in [0.25, 0.3) is 11.4 Å². The molecule has 0 fully saturated rings. The van der Waals surface area contributed by atoms with Crippen LogP contribution >= 0.6 is 0 Å². The molecule has 2 rings (SSSR count). The summed E-state index contributed by atoms with van der Waals surface area (Å²) in [6.45, 7) is 5.34. The minimum Gasteiger partial charge on any atom is -0.480 e. The Kier molecular flexibility index (Phi) is 5.44. The molecule has 0 aliphatic heterocycles. The monoisotopic (exact) mass is 321 g/mol. The van der Waals surface area contributed by atoms with Gasteiger partial charge in [-0.3, -0.25) is 10.1 Å². The van der Waals surface area contributed by atoms with Gasteiger partial charge in [0.2, 0.25) is 11.7 Å². The highest BCUT2D eigenvalue weighted by atomic mass is 19.1. The van der Waals surface area contributed by atoms with Gasteiger partial charge in [-0.25, -0.2) is 4.39 Å². The second-order valence-electron chi connectivity index (χ2n) is 5.49. The van der Waals surface area contributed by atoms with Crippen molar-refractivity contribution in [2.45, 2.75) is 45.7 Å². The third kappa shape index (κ3) is 4.13. The summed E-state index contributed by atoms with van der Waals surface area (Å²) in [5.74, 6) is -0.716. The maximum absolute atomic E-state index is 13.6. The molecular weight excluding hydrogens is 301 g/mol. The molecule has 0 amide bonds. The van der Waals surface area contributed by atoms with Crippen LogP contribution in [0.5, 0.6) is 0 Å². The van der Waals surface area contributed by atoms with E-state index in [0.29, 0.717) is 17.5 Å². The molecule has 1 aromatic carbocycles. The summed E-state index contributed by atoms with van der Waals surface area (Å²) in [4.78, 5) is 15.4. The standard InChI is InChI=1S/C16H20FN3O3/c1-4-5-13(16(21)22)18-10(3)15-19-14(20-23-15)11-7-6-9(2)12(17)8-11/h6-8,10,13,18H,4-5H2,1-3H3,(H,21,22). The number of halogens is 1. The Hall–Kier alpha value is -2.28. The lowest BCUT2D eigenvalue weighted by Gasteiger charge is -2.16. The van der Waals surface area contributed by atoms with E-state index in [-0.39, 0.29) is 17.5 Å².